The third kappa shape index (κ3) is 2.70. The Balaban J connectivity index is 1.92. The maximum Gasteiger partial charge on any atom is 0.354 e. The van der Waals surface area contributed by atoms with E-state index in [0.717, 1.165) is 23.4 Å². The van der Waals surface area contributed by atoms with E-state index in [1.165, 1.54) is 7.11 Å². The standard InChI is InChI=1S/C19H22N2O3/c1-11-17-15(20-18(11)19(23)24-4)9-13(10-16(17)22)12-5-7-14(8-6-12)21(2)3/h5-8,13,20H,9-10H2,1-4H3/t13-/m0/s1. The van der Waals surface area contributed by atoms with Gasteiger partial charge in [-0.25, -0.2) is 4.79 Å². The van der Waals surface area contributed by atoms with E-state index in [1.54, 1.807) is 6.92 Å². The van der Waals surface area contributed by atoms with Crippen LogP contribution in [0.2, 0.25) is 0 Å². The Kier molecular flexibility index (Phi) is 4.18. The summed E-state index contributed by atoms with van der Waals surface area (Å²) < 4.78 is 4.79. The molecule has 1 heterocycles. The molecule has 1 aromatic carbocycles. The van der Waals surface area contributed by atoms with Crippen LogP contribution in [0.3, 0.4) is 0 Å². The normalized spacial score (nSPS) is 16.7. The number of nitrogens with one attached hydrogen (secondary N) is 1. The summed E-state index contributed by atoms with van der Waals surface area (Å²) in [6.45, 7) is 1.80. The Labute approximate surface area is 141 Å². The minimum absolute atomic E-state index is 0.0850. The molecular weight excluding hydrogens is 304 g/mol. The van der Waals surface area contributed by atoms with Crippen molar-refractivity contribution in [1.29, 1.82) is 0 Å². The van der Waals surface area contributed by atoms with Gasteiger partial charge in [-0.15, -0.1) is 0 Å². The number of ketones is 1. The molecule has 0 bridgehead atoms. The molecule has 1 aliphatic rings. The van der Waals surface area contributed by atoms with Gasteiger partial charge in [0.15, 0.2) is 5.78 Å². The number of esters is 1. The van der Waals surface area contributed by atoms with E-state index < -0.39 is 5.97 Å². The zero-order valence-electron chi connectivity index (χ0n) is 14.5. The highest BCUT2D eigenvalue weighted by molar-refractivity contribution is 6.03. The van der Waals surface area contributed by atoms with E-state index in [1.807, 2.05) is 19.0 Å². The van der Waals surface area contributed by atoms with Crippen LogP contribution in [0.4, 0.5) is 5.69 Å². The molecule has 0 spiro atoms. The summed E-state index contributed by atoms with van der Waals surface area (Å²) in [7, 11) is 5.35. The number of Topliss-reactive ketones (excluding diaryl/α,β-unsaturated/α-hetero) is 1. The maximum atomic E-state index is 12.6. The molecule has 1 N–H and O–H groups in total. The molecule has 1 atom stereocenters. The molecule has 1 aliphatic carbocycles. The molecule has 1 aromatic heterocycles. The summed E-state index contributed by atoms with van der Waals surface area (Å²) >= 11 is 0. The van der Waals surface area contributed by atoms with Crippen LogP contribution in [0.5, 0.6) is 0 Å². The van der Waals surface area contributed by atoms with Gasteiger partial charge in [0.1, 0.15) is 5.69 Å². The second-order valence-corrected chi connectivity index (χ2v) is 6.48. The largest absolute Gasteiger partial charge is 0.464 e. The molecule has 126 valence electrons. The lowest BCUT2D eigenvalue weighted by atomic mass is 9.81. The first kappa shape index (κ1) is 16.3. The van der Waals surface area contributed by atoms with E-state index in [2.05, 4.69) is 29.2 Å². The number of aromatic amines is 1. The highest BCUT2D eigenvalue weighted by Crippen LogP contribution is 2.35. The van der Waals surface area contributed by atoms with Gasteiger partial charge in [0.25, 0.3) is 0 Å². The molecule has 0 saturated carbocycles. The lowest BCUT2D eigenvalue weighted by molar-refractivity contribution is 0.0593. The van der Waals surface area contributed by atoms with Crippen LogP contribution in [0.25, 0.3) is 0 Å². The van der Waals surface area contributed by atoms with Crippen LogP contribution in [0, 0.1) is 6.92 Å². The minimum Gasteiger partial charge on any atom is -0.464 e. The SMILES string of the molecule is COC(=O)c1[nH]c2c(c1C)C(=O)C[C@@H](c1ccc(N(C)C)cc1)C2. The number of fused-ring (bicyclic) bond motifs is 1. The van der Waals surface area contributed by atoms with Crippen LogP contribution >= 0.6 is 0 Å². The molecule has 0 unspecified atom stereocenters. The smallest absolute Gasteiger partial charge is 0.354 e. The van der Waals surface area contributed by atoms with Gasteiger partial charge in [-0.1, -0.05) is 12.1 Å². The van der Waals surface area contributed by atoms with Gasteiger partial charge in [-0.3, -0.25) is 4.79 Å². The van der Waals surface area contributed by atoms with Crippen molar-refractivity contribution in [2.75, 3.05) is 26.1 Å². The average Bonchev–Trinajstić information content (AvgIpc) is 2.91. The Hall–Kier alpha value is -2.56. The molecule has 0 fully saturated rings. The molecule has 3 rings (SSSR count). The molecule has 0 radical (unpaired) electrons. The summed E-state index contributed by atoms with van der Waals surface area (Å²) in [4.78, 5) is 29.6. The third-order valence-corrected chi connectivity index (χ3v) is 4.76. The number of benzene rings is 1. The van der Waals surface area contributed by atoms with Crippen molar-refractivity contribution in [3.63, 3.8) is 0 Å². The molecule has 5 heteroatoms. The molecule has 0 saturated heterocycles. The lowest BCUT2D eigenvalue weighted by Crippen LogP contribution is -2.18. The minimum atomic E-state index is -0.429. The summed E-state index contributed by atoms with van der Waals surface area (Å²) in [6, 6.07) is 8.29. The highest BCUT2D eigenvalue weighted by atomic mass is 16.5. The van der Waals surface area contributed by atoms with Crippen LogP contribution < -0.4 is 4.90 Å². The summed E-state index contributed by atoms with van der Waals surface area (Å²) in [5, 5.41) is 0. The van der Waals surface area contributed by atoms with Crippen LogP contribution in [-0.4, -0.2) is 37.9 Å². The van der Waals surface area contributed by atoms with Gasteiger partial charge < -0.3 is 14.6 Å². The van der Waals surface area contributed by atoms with Crippen molar-refractivity contribution in [2.45, 2.75) is 25.7 Å². The van der Waals surface area contributed by atoms with Crippen molar-refractivity contribution in [3.05, 3.63) is 52.3 Å². The van der Waals surface area contributed by atoms with Gasteiger partial charge in [-0.05, 0) is 42.5 Å². The fraction of sp³-hybridized carbons (Fsp3) is 0.368. The average molecular weight is 326 g/mol. The van der Waals surface area contributed by atoms with Gasteiger partial charge in [0.2, 0.25) is 0 Å². The fourth-order valence-corrected chi connectivity index (χ4v) is 3.42. The number of hydrogen-bond acceptors (Lipinski definition) is 4. The van der Waals surface area contributed by atoms with E-state index in [0.29, 0.717) is 23.2 Å². The fourth-order valence-electron chi connectivity index (χ4n) is 3.42. The number of H-pyrrole nitrogens is 1. The Bertz CT molecular complexity index is 788. The lowest BCUT2D eigenvalue weighted by Gasteiger charge is -2.23. The monoisotopic (exact) mass is 326 g/mol. The molecule has 5 nitrogen and oxygen atoms in total. The third-order valence-electron chi connectivity index (χ3n) is 4.76. The molecule has 0 amide bonds. The number of methoxy groups -OCH3 is 1. The van der Waals surface area contributed by atoms with Crippen molar-refractivity contribution in [1.82, 2.24) is 4.98 Å². The van der Waals surface area contributed by atoms with Crippen LogP contribution in [0.1, 0.15) is 50.0 Å². The van der Waals surface area contributed by atoms with Crippen LogP contribution in [0.15, 0.2) is 24.3 Å². The first-order valence-electron chi connectivity index (χ1n) is 8.02. The Morgan fingerprint density at radius 3 is 2.46 bits per heavy atom. The van der Waals surface area contributed by atoms with Gasteiger partial charge in [0, 0.05) is 37.5 Å². The maximum absolute atomic E-state index is 12.6. The van der Waals surface area contributed by atoms with E-state index in [9.17, 15) is 9.59 Å². The van der Waals surface area contributed by atoms with Gasteiger partial charge >= 0.3 is 5.97 Å². The second kappa shape index (κ2) is 6.15. The van der Waals surface area contributed by atoms with Crippen molar-refractivity contribution >= 4 is 17.4 Å². The predicted molar refractivity (Wildman–Crippen MR) is 93.0 cm³/mol. The predicted octanol–water partition coefficient (Wildman–Crippen LogP) is 3.09. The number of rotatable bonds is 3. The van der Waals surface area contributed by atoms with Crippen molar-refractivity contribution < 1.29 is 14.3 Å². The number of ether oxygens (including phenoxy) is 1. The Morgan fingerprint density at radius 2 is 1.88 bits per heavy atom. The first-order valence-corrected chi connectivity index (χ1v) is 8.02. The number of aromatic nitrogens is 1. The summed E-state index contributed by atoms with van der Waals surface area (Å²) in [6.07, 6.45) is 1.19. The van der Waals surface area contributed by atoms with Gasteiger partial charge in [0.05, 0.1) is 7.11 Å². The van der Waals surface area contributed by atoms with Crippen molar-refractivity contribution in [3.8, 4) is 0 Å². The van der Waals surface area contributed by atoms with Crippen molar-refractivity contribution in [2.24, 2.45) is 0 Å². The van der Waals surface area contributed by atoms with E-state index in [-0.39, 0.29) is 11.7 Å². The number of anilines is 1. The van der Waals surface area contributed by atoms with Crippen LogP contribution in [-0.2, 0) is 11.2 Å². The number of carbonyl (C=O) groups is 2. The topological polar surface area (TPSA) is 62.4 Å². The number of nitrogens with zero attached hydrogens (tertiary/aromatic N) is 1. The zero-order chi connectivity index (χ0) is 17.4. The van der Waals surface area contributed by atoms with E-state index >= 15 is 0 Å². The first-order chi connectivity index (χ1) is 11.4. The summed E-state index contributed by atoms with van der Waals surface area (Å²) in [5.74, 6) is -0.215. The quantitative estimate of drug-likeness (QED) is 0.881. The highest BCUT2D eigenvalue weighted by Gasteiger charge is 2.32. The number of hydrogen-bond donors (Lipinski definition) is 1. The molecule has 2 aromatic rings. The summed E-state index contributed by atoms with van der Waals surface area (Å²) in [5.41, 5.74) is 4.86. The van der Waals surface area contributed by atoms with E-state index in [4.69, 9.17) is 4.74 Å². The Morgan fingerprint density at radius 1 is 1.21 bits per heavy atom. The van der Waals surface area contributed by atoms with Gasteiger partial charge in [-0.2, -0.15) is 0 Å². The molecule has 24 heavy (non-hydrogen) atoms. The number of carbonyl (C=O) groups excluding carboxylic acids is 2. The zero-order valence-corrected chi connectivity index (χ0v) is 14.5. The molecular formula is C19H22N2O3. The molecule has 0 aliphatic heterocycles. The second-order valence-electron chi connectivity index (χ2n) is 6.48.